The van der Waals surface area contributed by atoms with Gasteiger partial charge in [0.1, 0.15) is 0 Å². The maximum Gasteiger partial charge on any atom is 0.220 e. The van der Waals surface area contributed by atoms with E-state index >= 15 is 0 Å². The van der Waals surface area contributed by atoms with E-state index in [1.807, 2.05) is 0 Å². The highest BCUT2D eigenvalue weighted by Crippen LogP contribution is 2.17. The Morgan fingerprint density at radius 3 is 2.23 bits per heavy atom. The van der Waals surface area contributed by atoms with Crippen molar-refractivity contribution in [3.8, 4) is 0 Å². The van der Waals surface area contributed by atoms with Crippen LogP contribution < -0.4 is 5.32 Å². The molecule has 1 N–H and O–H groups in total. The average molecular weight is 426 g/mol. The van der Waals surface area contributed by atoms with Crippen molar-refractivity contribution in [2.45, 2.75) is 142 Å². The summed E-state index contributed by atoms with van der Waals surface area (Å²) in [6, 6.07) is 0.114. The van der Waals surface area contributed by atoms with E-state index in [2.05, 4.69) is 26.1 Å². The van der Waals surface area contributed by atoms with Crippen molar-refractivity contribution in [1.29, 1.82) is 0 Å². The Kier molecular flexibility index (Phi) is 17.5. The summed E-state index contributed by atoms with van der Waals surface area (Å²) in [6.45, 7) is 8.05. The van der Waals surface area contributed by atoms with Crippen LogP contribution in [0.1, 0.15) is 130 Å². The van der Waals surface area contributed by atoms with E-state index in [1.54, 1.807) is 0 Å². The third kappa shape index (κ3) is 15.2. The topological polar surface area (TPSA) is 47.6 Å². The third-order valence-corrected chi connectivity index (χ3v) is 6.23. The minimum absolute atomic E-state index is 0.0784. The quantitative estimate of drug-likeness (QED) is 0.223. The highest BCUT2D eigenvalue weighted by molar-refractivity contribution is 5.76. The molecule has 0 saturated carbocycles. The number of hydrogen-bond donors (Lipinski definition) is 1. The van der Waals surface area contributed by atoms with Gasteiger partial charge in [-0.15, -0.1) is 0 Å². The van der Waals surface area contributed by atoms with Gasteiger partial charge < -0.3 is 14.8 Å². The summed E-state index contributed by atoms with van der Waals surface area (Å²) < 4.78 is 11.6. The van der Waals surface area contributed by atoms with Crippen LogP contribution in [0.3, 0.4) is 0 Å². The molecule has 1 heterocycles. The highest BCUT2D eigenvalue weighted by atomic mass is 16.7. The van der Waals surface area contributed by atoms with Gasteiger partial charge in [0, 0.05) is 13.0 Å². The Morgan fingerprint density at radius 2 is 1.60 bits per heavy atom. The second-order valence-corrected chi connectivity index (χ2v) is 9.46. The summed E-state index contributed by atoms with van der Waals surface area (Å²) in [5, 5.41) is 3.24. The first-order valence-electron chi connectivity index (χ1n) is 13.2. The Morgan fingerprint density at radius 1 is 0.933 bits per heavy atom. The van der Waals surface area contributed by atoms with Gasteiger partial charge in [0.05, 0.1) is 12.6 Å². The summed E-state index contributed by atoms with van der Waals surface area (Å²) in [6.07, 6.45) is 20.5. The lowest BCUT2D eigenvalue weighted by Gasteiger charge is -2.26. The SMILES string of the molecule is CCCCCCCCCCC[C@@H](C)CC(=O)N[C@H](CCCC)COC1CCCCO1. The zero-order chi connectivity index (χ0) is 21.9. The molecule has 0 bridgehead atoms. The molecule has 0 aliphatic carbocycles. The second-order valence-electron chi connectivity index (χ2n) is 9.46. The molecule has 4 nitrogen and oxygen atoms in total. The first kappa shape index (κ1) is 27.4. The van der Waals surface area contributed by atoms with Crippen LogP contribution in [0.25, 0.3) is 0 Å². The summed E-state index contributed by atoms with van der Waals surface area (Å²) in [5.41, 5.74) is 0. The Bertz CT molecular complexity index is 396. The van der Waals surface area contributed by atoms with Crippen LogP contribution in [-0.4, -0.2) is 31.5 Å². The van der Waals surface area contributed by atoms with E-state index in [0.717, 1.165) is 45.1 Å². The summed E-state index contributed by atoms with van der Waals surface area (Å²) >= 11 is 0. The molecule has 0 radical (unpaired) electrons. The third-order valence-electron chi connectivity index (χ3n) is 6.23. The number of rotatable bonds is 19. The van der Waals surface area contributed by atoms with E-state index in [1.165, 1.54) is 64.2 Å². The van der Waals surface area contributed by atoms with Crippen molar-refractivity contribution >= 4 is 5.91 Å². The van der Waals surface area contributed by atoms with Crippen LogP contribution in [0, 0.1) is 5.92 Å². The fraction of sp³-hybridized carbons (Fsp3) is 0.962. The molecular formula is C26H51NO3. The van der Waals surface area contributed by atoms with Crippen LogP contribution in [0.5, 0.6) is 0 Å². The number of unbranched alkanes of at least 4 members (excludes halogenated alkanes) is 9. The second kappa shape index (κ2) is 19.1. The number of amides is 1. The lowest BCUT2D eigenvalue weighted by Crippen LogP contribution is -2.40. The Balaban J connectivity index is 2.13. The molecule has 1 amide bonds. The van der Waals surface area contributed by atoms with Crippen LogP contribution >= 0.6 is 0 Å². The molecule has 1 saturated heterocycles. The van der Waals surface area contributed by atoms with Crippen molar-refractivity contribution in [2.24, 2.45) is 5.92 Å². The van der Waals surface area contributed by atoms with Crippen LogP contribution in [0.4, 0.5) is 0 Å². The van der Waals surface area contributed by atoms with Gasteiger partial charge in [0.25, 0.3) is 0 Å². The molecule has 1 unspecified atom stereocenters. The number of nitrogens with one attached hydrogen (secondary N) is 1. The Hall–Kier alpha value is -0.610. The monoisotopic (exact) mass is 425 g/mol. The smallest absolute Gasteiger partial charge is 0.220 e. The molecule has 1 aliphatic rings. The number of ether oxygens (including phenoxy) is 2. The van der Waals surface area contributed by atoms with Crippen LogP contribution in [-0.2, 0) is 14.3 Å². The minimum atomic E-state index is -0.0784. The molecule has 0 spiro atoms. The lowest BCUT2D eigenvalue weighted by atomic mass is 9.98. The fourth-order valence-electron chi connectivity index (χ4n) is 4.22. The van der Waals surface area contributed by atoms with Gasteiger partial charge in [0.2, 0.25) is 5.91 Å². The van der Waals surface area contributed by atoms with Crippen molar-refractivity contribution in [3.05, 3.63) is 0 Å². The minimum Gasteiger partial charge on any atom is -0.353 e. The molecule has 0 aromatic heterocycles. The number of hydrogen-bond acceptors (Lipinski definition) is 3. The summed E-state index contributed by atoms with van der Waals surface area (Å²) in [7, 11) is 0. The zero-order valence-corrected chi connectivity index (χ0v) is 20.4. The van der Waals surface area contributed by atoms with Gasteiger partial charge >= 0.3 is 0 Å². The first-order valence-corrected chi connectivity index (χ1v) is 13.2. The predicted molar refractivity (Wildman–Crippen MR) is 127 cm³/mol. The molecule has 30 heavy (non-hydrogen) atoms. The van der Waals surface area contributed by atoms with Gasteiger partial charge in [-0.05, 0) is 31.6 Å². The molecular weight excluding hydrogens is 374 g/mol. The van der Waals surface area contributed by atoms with Gasteiger partial charge in [-0.25, -0.2) is 0 Å². The van der Waals surface area contributed by atoms with Gasteiger partial charge in [-0.2, -0.15) is 0 Å². The highest BCUT2D eigenvalue weighted by Gasteiger charge is 2.19. The van der Waals surface area contributed by atoms with Crippen molar-refractivity contribution in [3.63, 3.8) is 0 Å². The standard InChI is InChI=1S/C26H51NO3/c1-4-6-8-9-10-11-12-13-14-17-23(3)21-25(28)27-24(18-7-5-2)22-30-26-19-15-16-20-29-26/h23-24,26H,4-22H2,1-3H3,(H,27,28)/t23-,24-,26?/m1/s1. The van der Waals surface area contributed by atoms with Gasteiger partial charge in [-0.3, -0.25) is 4.79 Å². The maximum absolute atomic E-state index is 12.5. The molecule has 0 aromatic rings. The largest absolute Gasteiger partial charge is 0.353 e. The first-order chi connectivity index (χ1) is 14.7. The molecule has 0 aromatic carbocycles. The molecule has 178 valence electrons. The zero-order valence-electron chi connectivity index (χ0n) is 20.4. The summed E-state index contributed by atoms with van der Waals surface area (Å²) in [5.74, 6) is 0.650. The molecule has 1 fully saturated rings. The van der Waals surface area contributed by atoms with E-state index in [-0.39, 0.29) is 18.2 Å². The summed E-state index contributed by atoms with van der Waals surface area (Å²) in [4.78, 5) is 12.5. The molecule has 3 atom stereocenters. The normalized spacial score (nSPS) is 18.8. The van der Waals surface area contributed by atoms with Crippen molar-refractivity contribution < 1.29 is 14.3 Å². The van der Waals surface area contributed by atoms with E-state index in [4.69, 9.17) is 9.47 Å². The fourth-order valence-corrected chi connectivity index (χ4v) is 4.22. The van der Waals surface area contributed by atoms with Gasteiger partial charge in [-0.1, -0.05) is 97.8 Å². The average Bonchev–Trinajstić information content (AvgIpc) is 2.75. The molecule has 1 rings (SSSR count). The van der Waals surface area contributed by atoms with Crippen LogP contribution in [0.15, 0.2) is 0 Å². The van der Waals surface area contributed by atoms with Crippen LogP contribution in [0.2, 0.25) is 0 Å². The number of carbonyl (C=O) groups excluding carboxylic acids is 1. The maximum atomic E-state index is 12.5. The molecule has 1 aliphatic heterocycles. The Labute approximate surface area is 187 Å². The van der Waals surface area contributed by atoms with Crippen molar-refractivity contribution in [2.75, 3.05) is 13.2 Å². The van der Waals surface area contributed by atoms with E-state index < -0.39 is 0 Å². The predicted octanol–water partition coefficient (Wildman–Crippen LogP) is 7.15. The molecule has 4 heteroatoms. The van der Waals surface area contributed by atoms with Gasteiger partial charge in [0.15, 0.2) is 6.29 Å². The number of carbonyl (C=O) groups is 1. The van der Waals surface area contributed by atoms with E-state index in [0.29, 0.717) is 18.9 Å². The lowest BCUT2D eigenvalue weighted by molar-refractivity contribution is -0.167. The van der Waals surface area contributed by atoms with Crippen molar-refractivity contribution in [1.82, 2.24) is 5.32 Å². The van der Waals surface area contributed by atoms with E-state index in [9.17, 15) is 4.79 Å².